The van der Waals surface area contributed by atoms with E-state index in [1.165, 1.54) is 7.11 Å². The lowest BCUT2D eigenvalue weighted by Crippen LogP contribution is -2.21. The lowest BCUT2D eigenvalue weighted by atomic mass is 10.1. The van der Waals surface area contributed by atoms with Crippen molar-refractivity contribution in [1.82, 2.24) is 0 Å². The summed E-state index contributed by atoms with van der Waals surface area (Å²) in [5, 5.41) is 0. The molecule has 2 aromatic rings. The van der Waals surface area contributed by atoms with E-state index < -0.39 is 5.97 Å². The van der Waals surface area contributed by atoms with Crippen molar-refractivity contribution in [2.75, 3.05) is 12.0 Å². The molecule has 0 aliphatic carbocycles. The van der Waals surface area contributed by atoms with Gasteiger partial charge in [-0.05, 0) is 29.8 Å². The third kappa shape index (κ3) is 1.95. The van der Waals surface area contributed by atoms with Crippen LogP contribution >= 0.6 is 0 Å². The summed E-state index contributed by atoms with van der Waals surface area (Å²) in [7, 11) is 1.34. The van der Waals surface area contributed by atoms with Crippen molar-refractivity contribution >= 4 is 23.3 Å². The minimum atomic E-state index is -0.410. The number of nitrogens with zero attached hydrogens (tertiary/aromatic N) is 1. The minimum Gasteiger partial charge on any atom is -0.465 e. The van der Waals surface area contributed by atoms with E-state index in [1.54, 1.807) is 23.1 Å². The van der Waals surface area contributed by atoms with Gasteiger partial charge in [-0.2, -0.15) is 0 Å². The maximum Gasteiger partial charge on any atom is 0.337 e. The Morgan fingerprint density at radius 2 is 1.95 bits per heavy atom. The molecule has 0 saturated carbocycles. The molecule has 0 N–H and O–H groups in total. The molecule has 0 unspecified atom stereocenters. The van der Waals surface area contributed by atoms with Gasteiger partial charge < -0.3 is 4.74 Å². The van der Waals surface area contributed by atoms with Crippen LogP contribution in [-0.4, -0.2) is 19.0 Å². The Kier molecular flexibility index (Phi) is 2.99. The van der Waals surface area contributed by atoms with E-state index in [2.05, 4.69) is 0 Å². The van der Waals surface area contributed by atoms with Gasteiger partial charge in [0.1, 0.15) is 0 Å². The number of carbonyl (C=O) groups is 2. The van der Waals surface area contributed by atoms with Gasteiger partial charge in [-0.25, -0.2) is 4.79 Å². The first-order chi connectivity index (χ1) is 9.70. The van der Waals surface area contributed by atoms with Crippen LogP contribution in [0.5, 0.6) is 0 Å². The molecule has 4 nitrogen and oxygen atoms in total. The number of amides is 1. The largest absolute Gasteiger partial charge is 0.465 e. The van der Waals surface area contributed by atoms with Crippen molar-refractivity contribution in [3.63, 3.8) is 0 Å². The number of hydrogen-bond donors (Lipinski definition) is 0. The molecule has 0 saturated heterocycles. The van der Waals surface area contributed by atoms with Crippen LogP contribution in [0.4, 0.5) is 11.4 Å². The summed E-state index contributed by atoms with van der Waals surface area (Å²) in [6.07, 6.45) is 0.388. The number of rotatable bonds is 2. The zero-order valence-electron chi connectivity index (χ0n) is 11.0. The van der Waals surface area contributed by atoms with Gasteiger partial charge in [-0.15, -0.1) is 0 Å². The van der Waals surface area contributed by atoms with E-state index in [0.29, 0.717) is 17.7 Å². The van der Waals surface area contributed by atoms with Crippen LogP contribution in [-0.2, 0) is 16.0 Å². The van der Waals surface area contributed by atoms with Gasteiger partial charge in [0, 0.05) is 5.69 Å². The summed E-state index contributed by atoms with van der Waals surface area (Å²) < 4.78 is 4.71. The Bertz CT molecular complexity index is 694. The standard InChI is InChI=1S/C16H13NO3/c1-20-16(19)12-6-4-7-13(9-12)17-14-8-3-2-5-11(14)10-15(17)18/h2-9H,10H2,1H3. The molecular formula is C16H13NO3. The predicted molar refractivity (Wildman–Crippen MR) is 75.1 cm³/mol. The van der Waals surface area contributed by atoms with E-state index in [-0.39, 0.29) is 5.91 Å². The molecule has 0 spiro atoms. The molecule has 0 radical (unpaired) electrons. The fourth-order valence-electron chi connectivity index (χ4n) is 2.43. The van der Waals surface area contributed by atoms with Gasteiger partial charge in [0.05, 0.1) is 24.8 Å². The molecule has 4 heteroatoms. The fourth-order valence-corrected chi connectivity index (χ4v) is 2.43. The van der Waals surface area contributed by atoms with E-state index in [0.717, 1.165) is 11.3 Å². The van der Waals surface area contributed by atoms with Crippen LogP contribution in [0.3, 0.4) is 0 Å². The average Bonchev–Trinajstić information content (AvgIpc) is 2.82. The molecule has 1 amide bonds. The highest BCUT2D eigenvalue weighted by atomic mass is 16.5. The molecule has 0 bridgehead atoms. The second kappa shape index (κ2) is 4.81. The molecule has 2 aromatic carbocycles. The van der Waals surface area contributed by atoms with E-state index in [4.69, 9.17) is 4.74 Å². The number of para-hydroxylation sites is 1. The van der Waals surface area contributed by atoms with Gasteiger partial charge in [0.2, 0.25) is 5.91 Å². The molecule has 0 atom stereocenters. The van der Waals surface area contributed by atoms with Crippen molar-refractivity contribution in [3.8, 4) is 0 Å². The molecule has 20 heavy (non-hydrogen) atoms. The Hall–Kier alpha value is -2.62. The van der Waals surface area contributed by atoms with Gasteiger partial charge in [-0.3, -0.25) is 9.69 Å². The fraction of sp³-hybridized carbons (Fsp3) is 0.125. The van der Waals surface area contributed by atoms with Gasteiger partial charge in [-0.1, -0.05) is 24.3 Å². The Morgan fingerprint density at radius 1 is 1.15 bits per heavy atom. The van der Waals surface area contributed by atoms with Crippen LogP contribution in [0.2, 0.25) is 0 Å². The molecule has 3 rings (SSSR count). The summed E-state index contributed by atoms with van der Waals surface area (Å²) in [4.78, 5) is 25.4. The highest BCUT2D eigenvalue weighted by Gasteiger charge is 2.28. The molecule has 100 valence electrons. The molecular weight excluding hydrogens is 254 g/mol. The minimum absolute atomic E-state index is 0.00761. The summed E-state index contributed by atoms with van der Waals surface area (Å²) in [5.41, 5.74) is 2.99. The van der Waals surface area contributed by atoms with E-state index in [1.807, 2.05) is 30.3 Å². The molecule has 1 aliphatic heterocycles. The van der Waals surface area contributed by atoms with E-state index in [9.17, 15) is 9.59 Å². The number of esters is 1. The van der Waals surface area contributed by atoms with Crippen molar-refractivity contribution in [3.05, 3.63) is 59.7 Å². The zero-order valence-corrected chi connectivity index (χ0v) is 11.0. The van der Waals surface area contributed by atoms with Gasteiger partial charge >= 0.3 is 5.97 Å². The van der Waals surface area contributed by atoms with Crippen LogP contribution in [0, 0.1) is 0 Å². The Balaban J connectivity index is 2.05. The lowest BCUT2D eigenvalue weighted by molar-refractivity contribution is -0.116. The number of methoxy groups -OCH3 is 1. The second-order valence-corrected chi connectivity index (χ2v) is 4.58. The highest BCUT2D eigenvalue weighted by molar-refractivity contribution is 6.07. The van der Waals surface area contributed by atoms with Crippen molar-refractivity contribution < 1.29 is 14.3 Å². The number of ether oxygens (including phenoxy) is 1. The Labute approximate surface area is 116 Å². The van der Waals surface area contributed by atoms with Crippen molar-refractivity contribution in [2.24, 2.45) is 0 Å². The number of carbonyl (C=O) groups excluding carboxylic acids is 2. The molecule has 0 aromatic heterocycles. The third-order valence-electron chi connectivity index (χ3n) is 3.35. The highest BCUT2D eigenvalue weighted by Crippen LogP contribution is 2.35. The first-order valence-corrected chi connectivity index (χ1v) is 6.30. The lowest BCUT2D eigenvalue weighted by Gasteiger charge is -2.18. The number of benzene rings is 2. The summed E-state index contributed by atoms with van der Waals surface area (Å²) in [6.45, 7) is 0. The van der Waals surface area contributed by atoms with Crippen LogP contribution in [0.15, 0.2) is 48.5 Å². The predicted octanol–water partition coefficient (Wildman–Crippen LogP) is 2.69. The molecule has 0 fully saturated rings. The number of fused-ring (bicyclic) bond motifs is 1. The first-order valence-electron chi connectivity index (χ1n) is 6.30. The first kappa shape index (κ1) is 12.4. The summed E-state index contributed by atoms with van der Waals surface area (Å²) in [6, 6.07) is 14.6. The number of hydrogen-bond acceptors (Lipinski definition) is 3. The van der Waals surface area contributed by atoms with Crippen molar-refractivity contribution in [1.29, 1.82) is 0 Å². The van der Waals surface area contributed by atoms with Crippen LogP contribution in [0.25, 0.3) is 0 Å². The van der Waals surface area contributed by atoms with Crippen LogP contribution in [0.1, 0.15) is 15.9 Å². The zero-order chi connectivity index (χ0) is 14.1. The molecule has 1 aliphatic rings. The third-order valence-corrected chi connectivity index (χ3v) is 3.35. The SMILES string of the molecule is COC(=O)c1cccc(N2C(=O)Cc3ccccc32)c1. The summed E-state index contributed by atoms with van der Waals surface area (Å²) in [5.74, 6) is -0.403. The number of anilines is 2. The van der Waals surface area contributed by atoms with Gasteiger partial charge in [0.25, 0.3) is 0 Å². The van der Waals surface area contributed by atoms with Gasteiger partial charge in [0.15, 0.2) is 0 Å². The average molecular weight is 267 g/mol. The quantitative estimate of drug-likeness (QED) is 0.786. The van der Waals surface area contributed by atoms with Crippen molar-refractivity contribution in [2.45, 2.75) is 6.42 Å². The Morgan fingerprint density at radius 3 is 2.75 bits per heavy atom. The normalized spacial score (nSPS) is 13.2. The monoisotopic (exact) mass is 267 g/mol. The van der Waals surface area contributed by atoms with E-state index >= 15 is 0 Å². The topological polar surface area (TPSA) is 46.6 Å². The van der Waals surface area contributed by atoms with Crippen LogP contribution < -0.4 is 4.90 Å². The summed E-state index contributed by atoms with van der Waals surface area (Å²) >= 11 is 0. The molecule has 1 heterocycles. The maximum atomic E-state index is 12.2. The smallest absolute Gasteiger partial charge is 0.337 e. The maximum absolute atomic E-state index is 12.2. The second-order valence-electron chi connectivity index (χ2n) is 4.58.